The molecule has 0 aliphatic carbocycles. The molecule has 1 aromatic carbocycles. The van der Waals surface area contributed by atoms with E-state index in [0.717, 1.165) is 12.3 Å². The van der Waals surface area contributed by atoms with Crippen LogP contribution in [-0.4, -0.2) is 4.98 Å². The van der Waals surface area contributed by atoms with E-state index in [9.17, 15) is 8.78 Å². The molecular formula is C12H10ClF2N3. The Labute approximate surface area is 108 Å². The minimum atomic E-state index is -0.666. The molecule has 0 amide bonds. The van der Waals surface area contributed by atoms with Crippen LogP contribution in [0.4, 0.5) is 8.78 Å². The van der Waals surface area contributed by atoms with E-state index in [1.807, 2.05) is 0 Å². The fourth-order valence-electron chi connectivity index (χ4n) is 1.70. The van der Waals surface area contributed by atoms with Crippen LogP contribution in [0.2, 0.25) is 5.02 Å². The fourth-order valence-corrected chi connectivity index (χ4v) is 1.98. The molecule has 3 nitrogen and oxygen atoms in total. The molecule has 0 aliphatic heterocycles. The Morgan fingerprint density at radius 1 is 1.22 bits per heavy atom. The first-order valence-corrected chi connectivity index (χ1v) is 5.51. The van der Waals surface area contributed by atoms with Gasteiger partial charge < -0.3 is 0 Å². The third-order valence-electron chi connectivity index (χ3n) is 2.55. The number of halogens is 3. The number of hydrogen-bond acceptors (Lipinski definition) is 3. The van der Waals surface area contributed by atoms with Gasteiger partial charge in [0.25, 0.3) is 0 Å². The first kappa shape index (κ1) is 12.9. The Kier molecular flexibility index (Phi) is 3.86. The van der Waals surface area contributed by atoms with Crippen LogP contribution in [0.25, 0.3) is 0 Å². The summed E-state index contributed by atoms with van der Waals surface area (Å²) in [6.45, 7) is 0. The summed E-state index contributed by atoms with van der Waals surface area (Å²) in [6, 6.07) is 4.67. The summed E-state index contributed by atoms with van der Waals surface area (Å²) in [6.07, 6.45) is 2.53. The number of pyridine rings is 1. The lowest BCUT2D eigenvalue weighted by molar-refractivity contribution is 0.554. The summed E-state index contributed by atoms with van der Waals surface area (Å²) in [4.78, 5) is 3.66. The van der Waals surface area contributed by atoms with Crippen molar-refractivity contribution in [2.24, 2.45) is 5.84 Å². The highest BCUT2D eigenvalue weighted by Crippen LogP contribution is 2.29. The molecule has 2 aromatic rings. The molecule has 0 aliphatic rings. The number of nitrogens with two attached hydrogens (primary N) is 1. The Hall–Kier alpha value is -1.56. The number of rotatable bonds is 3. The van der Waals surface area contributed by atoms with E-state index < -0.39 is 17.7 Å². The van der Waals surface area contributed by atoms with E-state index in [4.69, 9.17) is 17.4 Å². The molecule has 2 rings (SSSR count). The van der Waals surface area contributed by atoms with Crippen molar-refractivity contribution < 1.29 is 8.78 Å². The van der Waals surface area contributed by atoms with E-state index in [1.165, 1.54) is 24.4 Å². The van der Waals surface area contributed by atoms with E-state index >= 15 is 0 Å². The monoisotopic (exact) mass is 269 g/mol. The molecule has 1 unspecified atom stereocenters. The van der Waals surface area contributed by atoms with Crippen LogP contribution >= 0.6 is 11.6 Å². The molecule has 18 heavy (non-hydrogen) atoms. The first-order chi connectivity index (χ1) is 8.63. The second-order valence-electron chi connectivity index (χ2n) is 3.66. The topological polar surface area (TPSA) is 50.9 Å². The van der Waals surface area contributed by atoms with Crippen molar-refractivity contribution in [2.45, 2.75) is 6.04 Å². The van der Waals surface area contributed by atoms with Gasteiger partial charge in [-0.05, 0) is 23.8 Å². The largest absolute Gasteiger partial charge is 0.271 e. The smallest absolute Gasteiger partial charge is 0.146 e. The predicted octanol–water partition coefficient (Wildman–Crippen LogP) is 2.57. The standard InChI is InChI=1S/C12H10ClF2N3/c13-10-5-7(14)1-2-8(10)12(18-16)9-3-4-17-6-11(9)15/h1-6,12,18H,16H2. The third-order valence-corrected chi connectivity index (χ3v) is 2.88. The lowest BCUT2D eigenvalue weighted by Crippen LogP contribution is -2.29. The zero-order chi connectivity index (χ0) is 13.1. The van der Waals surface area contributed by atoms with E-state index in [-0.39, 0.29) is 5.02 Å². The number of hydrogen-bond donors (Lipinski definition) is 2. The van der Waals surface area contributed by atoms with Crippen molar-refractivity contribution >= 4 is 11.6 Å². The van der Waals surface area contributed by atoms with Gasteiger partial charge >= 0.3 is 0 Å². The molecule has 1 heterocycles. The zero-order valence-electron chi connectivity index (χ0n) is 9.20. The lowest BCUT2D eigenvalue weighted by Gasteiger charge is -2.18. The molecule has 0 fully saturated rings. The Morgan fingerprint density at radius 3 is 2.61 bits per heavy atom. The summed E-state index contributed by atoms with van der Waals surface area (Å²) < 4.78 is 26.6. The van der Waals surface area contributed by atoms with Crippen LogP contribution in [0.1, 0.15) is 17.2 Å². The van der Waals surface area contributed by atoms with E-state index in [0.29, 0.717) is 11.1 Å². The van der Waals surface area contributed by atoms with Crippen LogP contribution in [0.3, 0.4) is 0 Å². The highest BCUT2D eigenvalue weighted by Gasteiger charge is 2.19. The van der Waals surface area contributed by atoms with Crippen LogP contribution < -0.4 is 11.3 Å². The molecular weight excluding hydrogens is 260 g/mol. The lowest BCUT2D eigenvalue weighted by atomic mass is 10.00. The molecule has 0 bridgehead atoms. The van der Waals surface area contributed by atoms with Gasteiger partial charge in [-0.25, -0.2) is 14.2 Å². The normalized spacial score (nSPS) is 12.4. The molecule has 94 valence electrons. The van der Waals surface area contributed by atoms with Gasteiger partial charge in [0.15, 0.2) is 0 Å². The fraction of sp³-hybridized carbons (Fsp3) is 0.0833. The summed E-state index contributed by atoms with van der Waals surface area (Å²) in [5.74, 6) is 4.45. The summed E-state index contributed by atoms with van der Waals surface area (Å²) in [7, 11) is 0. The van der Waals surface area contributed by atoms with Crippen molar-refractivity contribution in [3.63, 3.8) is 0 Å². The highest BCUT2D eigenvalue weighted by atomic mass is 35.5. The zero-order valence-corrected chi connectivity index (χ0v) is 9.96. The van der Waals surface area contributed by atoms with Gasteiger partial charge in [0, 0.05) is 16.8 Å². The van der Waals surface area contributed by atoms with E-state index in [1.54, 1.807) is 0 Å². The van der Waals surface area contributed by atoms with Gasteiger partial charge in [0.2, 0.25) is 0 Å². The van der Waals surface area contributed by atoms with Gasteiger partial charge in [-0.1, -0.05) is 17.7 Å². The number of aromatic nitrogens is 1. The second kappa shape index (κ2) is 5.39. The van der Waals surface area contributed by atoms with Crippen molar-refractivity contribution in [3.05, 3.63) is 64.4 Å². The summed E-state index contributed by atoms with van der Waals surface area (Å²) in [5, 5.41) is 0.175. The SMILES string of the molecule is NNC(c1ccncc1F)c1ccc(F)cc1Cl. The van der Waals surface area contributed by atoms with Crippen LogP contribution in [0, 0.1) is 11.6 Å². The third kappa shape index (κ3) is 2.48. The van der Waals surface area contributed by atoms with Crippen molar-refractivity contribution in [2.75, 3.05) is 0 Å². The van der Waals surface area contributed by atoms with Gasteiger partial charge in [-0.2, -0.15) is 0 Å². The molecule has 0 saturated heterocycles. The van der Waals surface area contributed by atoms with Crippen molar-refractivity contribution in [1.82, 2.24) is 10.4 Å². The predicted molar refractivity (Wildman–Crippen MR) is 64.8 cm³/mol. The van der Waals surface area contributed by atoms with Gasteiger partial charge in [-0.3, -0.25) is 10.8 Å². The number of nitrogens with one attached hydrogen (secondary N) is 1. The van der Waals surface area contributed by atoms with Gasteiger partial charge in [0.1, 0.15) is 11.6 Å². The molecule has 1 atom stereocenters. The Balaban J connectivity index is 2.49. The van der Waals surface area contributed by atoms with Gasteiger partial charge in [-0.15, -0.1) is 0 Å². The molecule has 0 spiro atoms. The number of benzene rings is 1. The maximum absolute atomic E-state index is 13.6. The second-order valence-corrected chi connectivity index (χ2v) is 4.07. The Morgan fingerprint density at radius 2 is 2.00 bits per heavy atom. The number of nitrogens with zero attached hydrogens (tertiary/aromatic N) is 1. The Bertz CT molecular complexity index is 563. The average Bonchev–Trinajstić information content (AvgIpc) is 2.34. The van der Waals surface area contributed by atoms with Crippen molar-refractivity contribution in [3.8, 4) is 0 Å². The average molecular weight is 270 g/mol. The minimum absolute atomic E-state index is 0.175. The first-order valence-electron chi connectivity index (χ1n) is 5.14. The maximum atomic E-state index is 13.6. The maximum Gasteiger partial charge on any atom is 0.146 e. The molecule has 1 aromatic heterocycles. The van der Waals surface area contributed by atoms with Crippen LogP contribution in [0.5, 0.6) is 0 Å². The minimum Gasteiger partial charge on any atom is -0.271 e. The quantitative estimate of drug-likeness (QED) is 0.665. The van der Waals surface area contributed by atoms with E-state index in [2.05, 4.69) is 10.4 Å². The molecule has 0 saturated carbocycles. The number of hydrazine groups is 1. The van der Waals surface area contributed by atoms with Gasteiger partial charge in [0.05, 0.1) is 12.2 Å². The molecule has 0 radical (unpaired) electrons. The molecule has 3 N–H and O–H groups in total. The van der Waals surface area contributed by atoms with Crippen molar-refractivity contribution in [1.29, 1.82) is 0 Å². The highest BCUT2D eigenvalue weighted by molar-refractivity contribution is 6.31. The molecule has 6 heteroatoms. The van der Waals surface area contributed by atoms with Crippen LogP contribution in [0.15, 0.2) is 36.7 Å². The summed E-state index contributed by atoms with van der Waals surface area (Å²) in [5.41, 5.74) is 3.25. The van der Waals surface area contributed by atoms with Crippen LogP contribution in [-0.2, 0) is 0 Å². The summed E-state index contributed by atoms with van der Waals surface area (Å²) >= 11 is 5.93.